The number of benzene rings is 2. The summed E-state index contributed by atoms with van der Waals surface area (Å²) < 4.78 is 65.4. The Balaban J connectivity index is 1.30. The SMILES string of the molecule is C=CC(=O)Nc1cc(Nc2cc(N3OCC[C@@H]3c3ccc(F)c(C(F)(F)F)c3)ncn2)c(OC)cc1N1C[C@@H]2C[C@H]1CO2. The minimum Gasteiger partial charge on any atom is -0.494 e. The first kappa shape index (κ1) is 28.7. The van der Waals surface area contributed by atoms with Crippen LogP contribution in [0.15, 0.2) is 55.4 Å². The molecule has 2 bridgehead atoms. The summed E-state index contributed by atoms with van der Waals surface area (Å²) >= 11 is 0. The first-order chi connectivity index (χ1) is 20.6. The van der Waals surface area contributed by atoms with Crippen molar-refractivity contribution in [2.45, 2.75) is 37.2 Å². The van der Waals surface area contributed by atoms with E-state index in [1.54, 1.807) is 12.1 Å². The third kappa shape index (κ3) is 5.67. The molecule has 3 fully saturated rings. The van der Waals surface area contributed by atoms with E-state index < -0.39 is 23.6 Å². The lowest BCUT2D eigenvalue weighted by atomic mass is 10.0. The van der Waals surface area contributed by atoms with E-state index >= 15 is 0 Å². The van der Waals surface area contributed by atoms with Gasteiger partial charge in [-0.1, -0.05) is 12.6 Å². The lowest BCUT2D eigenvalue weighted by molar-refractivity contribution is -0.140. The van der Waals surface area contributed by atoms with Gasteiger partial charge in [-0.15, -0.1) is 0 Å². The second-order valence-corrected chi connectivity index (χ2v) is 10.3. The lowest BCUT2D eigenvalue weighted by Gasteiger charge is -2.31. The molecule has 6 rings (SSSR count). The van der Waals surface area contributed by atoms with Crippen LogP contribution >= 0.6 is 0 Å². The molecule has 3 aromatic rings. The fourth-order valence-corrected chi connectivity index (χ4v) is 5.69. The Hall–Kier alpha value is -4.43. The highest BCUT2D eigenvalue weighted by Crippen LogP contribution is 2.43. The van der Waals surface area contributed by atoms with Crippen molar-refractivity contribution in [3.8, 4) is 5.75 Å². The van der Waals surface area contributed by atoms with Crippen molar-refractivity contribution in [2.24, 2.45) is 0 Å². The number of rotatable bonds is 8. The fraction of sp³-hybridized carbons (Fsp3) is 0.345. The van der Waals surface area contributed by atoms with E-state index in [0.29, 0.717) is 42.5 Å². The molecule has 226 valence electrons. The monoisotopic (exact) mass is 600 g/mol. The summed E-state index contributed by atoms with van der Waals surface area (Å²) in [7, 11) is 1.53. The zero-order valence-electron chi connectivity index (χ0n) is 23.0. The number of fused-ring (bicyclic) bond motifs is 2. The number of aromatic nitrogens is 2. The minimum atomic E-state index is -4.84. The van der Waals surface area contributed by atoms with E-state index in [9.17, 15) is 22.4 Å². The van der Waals surface area contributed by atoms with Gasteiger partial charge in [0.15, 0.2) is 5.82 Å². The molecule has 0 spiro atoms. The van der Waals surface area contributed by atoms with Crippen LogP contribution in [0.4, 0.5) is 46.3 Å². The maximum Gasteiger partial charge on any atom is 0.419 e. The van der Waals surface area contributed by atoms with Crippen LogP contribution in [0.1, 0.15) is 30.0 Å². The molecule has 10 nitrogen and oxygen atoms in total. The highest BCUT2D eigenvalue weighted by Gasteiger charge is 2.40. The summed E-state index contributed by atoms with van der Waals surface area (Å²) in [6, 6.07) is 7.58. The molecule has 1 amide bonds. The Morgan fingerprint density at radius 1 is 1.19 bits per heavy atom. The summed E-state index contributed by atoms with van der Waals surface area (Å²) in [5.74, 6) is -0.632. The van der Waals surface area contributed by atoms with Gasteiger partial charge in [0.2, 0.25) is 5.91 Å². The van der Waals surface area contributed by atoms with Gasteiger partial charge >= 0.3 is 6.18 Å². The Morgan fingerprint density at radius 2 is 2.02 bits per heavy atom. The van der Waals surface area contributed by atoms with Crippen molar-refractivity contribution in [3.05, 3.63) is 72.3 Å². The van der Waals surface area contributed by atoms with Crippen LogP contribution < -0.4 is 25.3 Å². The highest BCUT2D eigenvalue weighted by molar-refractivity contribution is 6.02. The molecule has 14 heteroatoms. The summed E-state index contributed by atoms with van der Waals surface area (Å²) in [4.78, 5) is 28.8. The number of hydrogen-bond acceptors (Lipinski definition) is 9. The van der Waals surface area contributed by atoms with E-state index in [0.717, 1.165) is 24.2 Å². The van der Waals surface area contributed by atoms with Gasteiger partial charge < -0.3 is 25.0 Å². The highest BCUT2D eigenvalue weighted by atomic mass is 19.4. The predicted molar refractivity (Wildman–Crippen MR) is 150 cm³/mol. The Labute approximate surface area is 244 Å². The van der Waals surface area contributed by atoms with Crippen molar-refractivity contribution in [3.63, 3.8) is 0 Å². The molecule has 1 aromatic heterocycles. The summed E-state index contributed by atoms with van der Waals surface area (Å²) in [6.45, 7) is 5.05. The van der Waals surface area contributed by atoms with Crippen molar-refractivity contribution < 1.29 is 36.7 Å². The number of anilines is 5. The van der Waals surface area contributed by atoms with Crippen LogP contribution in [-0.2, 0) is 20.5 Å². The third-order valence-electron chi connectivity index (χ3n) is 7.70. The molecular formula is C29H28F4N6O4. The lowest BCUT2D eigenvalue weighted by Crippen LogP contribution is -2.37. The number of carbonyl (C=O) groups excluding carboxylic acids is 1. The molecule has 2 N–H and O–H groups in total. The number of hydrogen-bond donors (Lipinski definition) is 2. The number of nitrogens with zero attached hydrogens (tertiary/aromatic N) is 4. The van der Waals surface area contributed by atoms with Crippen molar-refractivity contribution >= 4 is 34.6 Å². The maximum absolute atomic E-state index is 13.9. The van der Waals surface area contributed by atoms with E-state index in [1.165, 1.54) is 30.6 Å². The second-order valence-electron chi connectivity index (χ2n) is 10.3. The van der Waals surface area contributed by atoms with Gasteiger partial charge in [-0.25, -0.2) is 19.4 Å². The molecule has 0 saturated carbocycles. The standard InChI is InChI=1S/C29H28F4N6O4/c1-3-28(40)37-21-10-22(25(41-2)11-24(21)38-13-18-9-17(38)14-42-18)36-26-12-27(35-15-34-26)39-23(6-7-43-39)16-4-5-20(30)19(8-16)29(31,32)33/h3-5,8,10-12,15,17-18,23H,1,6-7,9,13-14H2,2H3,(H,37,40)(H,34,35,36)/t17-,18-,23+/m0/s1. The number of nitrogens with one attached hydrogen (secondary N) is 2. The maximum atomic E-state index is 13.9. The average Bonchev–Trinajstić information content (AvgIpc) is 3.75. The normalized spacial score (nSPS) is 21.3. The van der Waals surface area contributed by atoms with Gasteiger partial charge in [0.05, 0.1) is 61.1 Å². The molecule has 0 unspecified atom stereocenters. The van der Waals surface area contributed by atoms with Gasteiger partial charge in [0, 0.05) is 25.1 Å². The number of morpholine rings is 1. The third-order valence-corrected chi connectivity index (χ3v) is 7.70. The summed E-state index contributed by atoms with van der Waals surface area (Å²) in [6.07, 6.45) is -0.983. The van der Waals surface area contributed by atoms with Gasteiger partial charge in [0.1, 0.15) is 23.7 Å². The van der Waals surface area contributed by atoms with E-state index in [4.69, 9.17) is 14.3 Å². The average molecular weight is 601 g/mol. The second kappa shape index (κ2) is 11.3. The minimum absolute atomic E-state index is 0.128. The Morgan fingerprint density at radius 3 is 2.72 bits per heavy atom. The first-order valence-corrected chi connectivity index (χ1v) is 13.6. The van der Waals surface area contributed by atoms with E-state index in [-0.39, 0.29) is 36.0 Å². The number of amides is 1. The number of alkyl halides is 3. The number of methoxy groups -OCH3 is 1. The number of halogens is 4. The first-order valence-electron chi connectivity index (χ1n) is 13.6. The van der Waals surface area contributed by atoms with Crippen LogP contribution in [0.5, 0.6) is 5.75 Å². The van der Waals surface area contributed by atoms with Crippen LogP contribution in [-0.4, -0.2) is 54.9 Å². The zero-order chi connectivity index (χ0) is 30.3. The smallest absolute Gasteiger partial charge is 0.419 e. The van der Waals surface area contributed by atoms with E-state index in [2.05, 4.69) is 32.1 Å². The Kier molecular flexibility index (Phi) is 7.56. The predicted octanol–water partition coefficient (Wildman–Crippen LogP) is 5.37. The molecule has 3 atom stereocenters. The van der Waals surface area contributed by atoms with Crippen molar-refractivity contribution in [1.82, 2.24) is 9.97 Å². The molecular weight excluding hydrogens is 572 g/mol. The van der Waals surface area contributed by atoms with E-state index in [1.807, 2.05) is 6.07 Å². The largest absolute Gasteiger partial charge is 0.494 e. The summed E-state index contributed by atoms with van der Waals surface area (Å²) in [5.41, 5.74) is 0.701. The Bertz CT molecular complexity index is 1550. The molecule has 43 heavy (non-hydrogen) atoms. The van der Waals surface area contributed by atoms with Gasteiger partial charge in [-0.3, -0.25) is 9.63 Å². The molecule has 4 heterocycles. The van der Waals surface area contributed by atoms with Crippen molar-refractivity contribution in [2.75, 3.05) is 47.5 Å². The van der Waals surface area contributed by atoms with Crippen molar-refractivity contribution in [1.29, 1.82) is 0 Å². The molecule has 0 aliphatic carbocycles. The molecule has 3 aliphatic heterocycles. The topological polar surface area (TPSA) is 101 Å². The number of hydroxylamine groups is 1. The summed E-state index contributed by atoms with van der Waals surface area (Å²) in [5, 5.41) is 7.44. The molecule has 2 aromatic carbocycles. The number of ether oxygens (including phenoxy) is 2. The van der Waals surface area contributed by atoms with Crippen LogP contribution in [0.25, 0.3) is 0 Å². The van der Waals surface area contributed by atoms with Crippen LogP contribution in [0.3, 0.4) is 0 Å². The van der Waals surface area contributed by atoms with Gasteiger partial charge in [0.25, 0.3) is 0 Å². The zero-order valence-corrected chi connectivity index (χ0v) is 23.0. The van der Waals surface area contributed by atoms with Crippen LogP contribution in [0.2, 0.25) is 0 Å². The van der Waals surface area contributed by atoms with Gasteiger partial charge in [-0.2, -0.15) is 13.2 Å². The fourth-order valence-electron chi connectivity index (χ4n) is 5.69. The van der Waals surface area contributed by atoms with Gasteiger partial charge in [-0.05, 0) is 36.3 Å². The number of carbonyl (C=O) groups is 1. The molecule has 3 aliphatic rings. The van der Waals surface area contributed by atoms with Crippen LogP contribution in [0, 0.1) is 5.82 Å². The molecule has 3 saturated heterocycles. The quantitative estimate of drug-likeness (QED) is 0.261. The molecule has 0 radical (unpaired) electrons.